The average molecular weight is 350 g/mol. The Morgan fingerprint density at radius 3 is 2.65 bits per heavy atom. The highest BCUT2D eigenvalue weighted by molar-refractivity contribution is 9.10. The molecule has 0 saturated heterocycles. The summed E-state index contributed by atoms with van der Waals surface area (Å²) < 4.78 is 40.6. The van der Waals surface area contributed by atoms with Crippen molar-refractivity contribution in [3.63, 3.8) is 0 Å². The molecule has 0 saturated carbocycles. The number of aromatic nitrogens is 3. The molecule has 20 heavy (non-hydrogen) atoms. The quantitative estimate of drug-likeness (QED) is 0.926. The number of nitrogens with zero attached hydrogens (tertiary/aromatic N) is 3. The maximum Gasteiger partial charge on any atom is 0.416 e. The van der Waals surface area contributed by atoms with Gasteiger partial charge in [-0.1, -0.05) is 27.2 Å². The van der Waals surface area contributed by atoms with Crippen molar-refractivity contribution in [1.82, 2.24) is 15.0 Å². The first-order valence-corrected chi connectivity index (χ1v) is 6.46. The lowest BCUT2D eigenvalue weighted by molar-refractivity contribution is -0.139. The minimum absolute atomic E-state index is 0.0292. The van der Waals surface area contributed by atoms with Gasteiger partial charge in [0.05, 0.1) is 17.4 Å². The zero-order chi connectivity index (χ0) is 14.9. The second kappa shape index (κ2) is 5.53. The van der Waals surface area contributed by atoms with E-state index in [9.17, 15) is 18.3 Å². The van der Waals surface area contributed by atoms with Crippen molar-refractivity contribution in [2.45, 2.75) is 18.7 Å². The standard InChI is InChI=1S/C12H11BrF3N3O/c1-19-6-8(17-18-19)5-11(20)9-3-2-7(13)4-10(9)12(14,15)16/h2-4,6,11,20H,5H2,1H3. The number of hydrogen-bond acceptors (Lipinski definition) is 3. The van der Waals surface area contributed by atoms with Crippen molar-refractivity contribution in [1.29, 1.82) is 0 Å². The zero-order valence-corrected chi connectivity index (χ0v) is 12.0. The van der Waals surface area contributed by atoms with Crippen LogP contribution in [0.1, 0.15) is 22.9 Å². The molecule has 8 heteroatoms. The summed E-state index contributed by atoms with van der Waals surface area (Å²) >= 11 is 3.00. The van der Waals surface area contributed by atoms with Gasteiger partial charge in [-0.2, -0.15) is 13.2 Å². The number of aliphatic hydroxyl groups is 1. The van der Waals surface area contributed by atoms with Crippen LogP contribution in [0.5, 0.6) is 0 Å². The SMILES string of the molecule is Cn1cc(CC(O)c2ccc(Br)cc2C(F)(F)F)nn1. The fourth-order valence-corrected chi connectivity index (χ4v) is 2.22. The van der Waals surface area contributed by atoms with Crippen molar-refractivity contribution in [3.8, 4) is 0 Å². The highest BCUT2D eigenvalue weighted by Gasteiger charge is 2.35. The van der Waals surface area contributed by atoms with Gasteiger partial charge in [-0.3, -0.25) is 4.68 Å². The van der Waals surface area contributed by atoms with Gasteiger partial charge in [-0.15, -0.1) is 5.10 Å². The molecule has 1 heterocycles. The number of rotatable bonds is 3. The summed E-state index contributed by atoms with van der Waals surface area (Å²) in [5, 5.41) is 17.5. The van der Waals surface area contributed by atoms with Crippen molar-refractivity contribution in [2.75, 3.05) is 0 Å². The van der Waals surface area contributed by atoms with Crippen molar-refractivity contribution in [3.05, 3.63) is 45.7 Å². The Morgan fingerprint density at radius 1 is 1.40 bits per heavy atom. The molecule has 0 aliphatic rings. The van der Waals surface area contributed by atoms with Crippen LogP contribution in [-0.4, -0.2) is 20.1 Å². The lowest BCUT2D eigenvalue weighted by Gasteiger charge is -2.17. The molecule has 2 rings (SSSR count). The van der Waals surface area contributed by atoms with Crippen molar-refractivity contribution in [2.24, 2.45) is 7.05 Å². The summed E-state index contributed by atoms with van der Waals surface area (Å²) in [5.74, 6) is 0. The Hall–Kier alpha value is -1.41. The highest BCUT2D eigenvalue weighted by atomic mass is 79.9. The van der Waals surface area contributed by atoms with Crippen LogP contribution in [0, 0.1) is 0 Å². The normalized spacial score (nSPS) is 13.5. The number of hydrogen-bond donors (Lipinski definition) is 1. The molecule has 0 amide bonds. The molecule has 0 radical (unpaired) electrons. The molecule has 0 spiro atoms. The van der Waals surface area contributed by atoms with Crippen LogP contribution >= 0.6 is 15.9 Å². The second-order valence-electron chi connectivity index (χ2n) is 4.33. The summed E-state index contributed by atoms with van der Waals surface area (Å²) in [6.07, 6.45) is -4.30. The van der Waals surface area contributed by atoms with Gasteiger partial charge in [0.2, 0.25) is 0 Å². The van der Waals surface area contributed by atoms with Crippen LogP contribution < -0.4 is 0 Å². The highest BCUT2D eigenvalue weighted by Crippen LogP contribution is 2.37. The first kappa shape index (κ1) is 15.0. The van der Waals surface area contributed by atoms with Gasteiger partial charge in [0.15, 0.2) is 0 Å². The first-order valence-electron chi connectivity index (χ1n) is 5.67. The van der Waals surface area contributed by atoms with Crippen LogP contribution in [-0.2, 0) is 19.6 Å². The van der Waals surface area contributed by atoms with Gasteiger partial charge in [0.1, 0.15) is 0 Å². The van der Waals surface area contributed by atoms with Gasteiger partial charge in [0, 0.05) is 24.1 Å². The smallest absolute Gasteiger partial charge is 0.388 e. The van der Waals surface area contributed by atoms with E-state index < -0.39 is 17.8 Å². The Morgan fingerprint density at radius 2 is 2.10 bits per heavy atom. The molecule has 2 aromatic rings. The first-order chi connectivity index (χ1) is 9.27. The second-order valence-corrected chi connectivity index (χ2v) is 5.25. The third-order valence-electron chi connectivity index (χ3n) is 2.73. The van der Waals surface area contributed by atoms with E-state index in [1.807, 2.05) is 0 Å². The van der Waals surface area contributed by atoms with Gasteiger partial charge in [-0.25, -0.2) is 0 Å². The number of halogens is 4. The van der Waals surface area contributed by atoms with Crippen LogP contribution in [0.3, 0.4) is 0 Å². The Balaban J connectivity index is 2.32. The summed E-state index contributed by atoms with van der Waals surface area (Å²) in [6, 6.07) is 3.67. The predicted octanol–water partition coefficient (Wildman–Crippen LogP) is 2.87. The maximum absolute atomic E-state index is 13.0. The molecular formula is C12H11BrF3N3O. The van der Waals surface area contributed by atoms with Gasteiger partial charge >= 0.3 is 6.18 Å². The average Bonchev–Trinajstić information content (AvgIpc) is 2.73. The van der Waals surface area contributed by atoms with E-state index in [2.05, 4.69) is 26.2 Å². The monoisotopic (exact) mass is 349 g/mol. The molecule has 0 fully saturated rings. The molecule has 0 aliphatic carbocycles. The number of aliphatic hydroxyl groups excluding tert-OH is 1. The van der Waals surface area contributed by atoms with E-state index in [0.29, 0.717) is 10.2 Å². The maximum atomic E-state index is 13.0. The van der Waals surface area contributed by atoms with Crippen molar-refractivity contribution >= 4 is 15.9 Å². The number of benzene rings is 1. The fourth-order valence-electron chi connectivity index (χ4n) is 1.86. The summed E-state index contributed by atoms with van der Waals surface area (Å²) in [7, 11) is 1.64. The minimum atomic E-state index is -4.53. The molecule has 1 aromatic carbocycles. The lowest BCUT2D eigenvalue weighted by Crippen LogP contribution is -2.13. The Kier molecular flexibility index (Phi) is 4.14. The van der Waals surface area contributed by atoms with E-state index in [1.54, 1.807) is 13.2 Å². The van der Waals surface area contributed by atoms with E-state index in [-0.39, 0.29) is 12.0 Å². The van der Waals surface area contributed by atoms with Crippen LogP contribution in [0.2, 0.25) is 0 Å². The van der Waals surface area contributed by atoms with Gasteiger partial charge in [-0.05, 0) is 17.7 Å². The molecule has 108 valence electrons. The zero-order valence-electron chi connectivity index (χ0n) is 10.4. The molecule has 1 N–H and O–H groups in total. The van der Waals surface area contributed by atoms with Crippen LogP contribution in [0.25, 0.3) is 0 Å². The Labute approximate surface area is 121 Å². The molecule has 1 unspecified atom stereocenters. The lowest BCUT2D eigenvalue weighted by atomic mass is 9.99. The van der Waals surface area contributed by atoms with E-state index in [0.717, 1.165) is 6.07 Å². The third-order valence-corrected chi connectivity index (χ3v) is 3.23. The molecule has 1 atom stereocenters. The predicted molar refractivity (Wildman–Crippen MR) is 68.8 cm³/mol. The van der Waals surface area contributed by atoms with E-state index in [1.165, 1.54) is 16.8 Å². The van der Waals surface area contributed by atoms with E-state index >= 15 is 0 Å². The molecule has 4 nitrogen and oxygen atoms in total. The molecule has 1 aromatic heterocycles. The molecular weight excluding hydrogens is 339 g/mol. The van der Waals surface area contributed by atoms with Crippen molar-refractivity contribution < 1.29 is 18.3 Å². The van der Waals surface area contributed by atoms with Gasteiger partial charge in [0.25, 0.3) is 0 Å². The Bertz CT molecular complexity index is 612. The fraction of sp³-hybridized carbons (Fsp3) is 0.333. The summed E-state index contributed by atoms with van der Waals surface area (Å²) in [6.45, 7) is 0. The molecule has 0 aliphatic heterocycles. The number of alkyl halides is 3. The topological polar surface area (TPSA) is 50.9 Å². The van der Waals surface area contributed by atoms with Crippen LogP contribution in [0.4, 0.5) is 13.2 Å². The minimum Gasteiger partial charge on any atom is -0.388 e. The third kappa shape index (κ3) is 3.37. The summed E-state index contributed by atoms with van der Waals surface area (Å²) in [5.41, 5.74) is -0.606. The largest absolute Gasteiger partial charge is 0.416 e. The number of aryl methyl sites for hydroxylation is 1. The van der Waals surface area contributed by atoms with Crippen LogP contribution in [0.15, 0.2) is 28.9 Å². The molecule has 0 bridgehead atoms. The van der Waals surface area contributed by atoms with E-state index in [4.69, 9.17) is 0 Å². The summed E-state index contributed by atoms with van der Waals surface area (Å²) in [4.78, 5) is 0. The van der Waals surface area contributed by atoms with Gasteiger partial charge < -0.3 is 5.11 Å².